The quantitative estimate of drug-likeness (QED) is 0.609. The van der Waals surface area contributed by atoms with Gasteiger partial charge >= 0.3 is 6.09 Å². The molecule has 1 heterocycles. The number of nitrogens with one attached hydrogen (secondary N) is 3. The Bertz CT molecular complexity index is 761. The van der Waals surface area contributed by atoms with E-state index in [1.807, 2.05) is 32.9 Å². The SMILES string of the molecule is CCOC(=O)N[C@H](CNC(=O)C1=NCC(=O)N(c2ccc(C)cc2)N1)CC(C)C. The summed E-state index contributed by atoms with van der Waals surface area (Å²) in [7, 11) is 0. The average molecular weight is 403 g/mol. The summed E-state index contributed by atoms with van der Waals surface area (Å²) < 4.78 is 4.92. The van der Waals surface area contributed by atoms with Gasteiger partial charge in [-0.1, -0.05) is 31.5 Å². The summed E-state index contributed by atoms with van der Waals surface area (Å²) in [6, 6.07) is 7.07. The maximum atomic E-state index is 12.6. The predicted octanol–water partition coefficient (Wildman–Crippen LogP) is 1.52. The van der Waals surface area contributed by atoms with Crippen molar-refractivity contribution in [2.45, 2.75) is 40.2 Å². The van der Waals surface area contributed by atoms with Crippen LogP contribution in [0.15, 0.2) is 29.3 Å². The van der Waals surface area contributed by atoms with E-state index in [9.17, 15) is 14.4 Å². The van der Waals surface area contributed by atoms with Gasteiger partial charge in [0, 0.05) is 12.6 Å². The molecular formula is C20H29N5O4. The minimum Gasteiger partial charge on any atom is -0.450 e. The van der Waals surface area contributed by atoms with Crippen molar-refractivity contribution < 1.29 is 19.1 Å². The fourth-order valence-corrected chi connectivity index (χ4v) is 2.85. The minimum atomic E-state index is -0.517. The van der Waals surface area contributed by atoms with E-state index in [1.165, 1.54) is 5.01 Å². The Balaban J connectivity index is 1.98. The second-order valence-corrected chi connectivity index (χ2v) is 7.24. The number of hydrazine groups is 1. The van der Waals surface area contributed by atoms with Crippen LogP contribution in [0, 0.1) is 12.8 Å². The van der Waals surface area contributed by atoms with Crippen molar-refractivity contribution in [3.63, 3.8) is 0 Å². The first-order valence-electron chi connectivity index (χ1n) is 9.72. The van der Waals surface area contributed by atoms with Crippen molar-refractivity contribution in [3.8, 4) is 0 Å². The van der Waals surface area contributed by atoms with E-state index in [0.717, 1.165) is 5.56 Å². The standard InChI is InChI=1S/C20H29N5O4/c1-5-29-20(28)23-15(10-13(2)3)11-22-19(27)18-21-12-17(26)25(24-18)16-8-6-14(4)7-9-16/h6-9,13,15H,5,10-12H2,1-4H3,(H,21,24)(H,22,27)(H,23,28)/t15-/m0/s1. The smallest absolute Gasteiger partial charge is 0.407 e. The third kappa shape index (κ3) is 6.78. The Labute approximate surface area is 170 Å². The number of benzene rings is 1. The molecular weight excluding hydrogens is 374 g/mol. The second kappa shape index (κ2) is 10.4. The summed E-state index contributed by atoms with van der Waals surface area (Å²) >= 11 is 0. The van der Waals surface area contributed by atoms with E-state index in [0.29, 0.717) is 18.0 Å². The van der Waals surface area contributed by atoms with Crippen molar-refractivity contribution >= 4 is 29.4 Å². The van der Waals surface area contributed by atoms with Gasteiger partial charge in [-0.2, -0.15) is 0 Å². The Hall–Kier alpha value is -3.10. The lowest BCUT2D eigenvalue weighted by Gasteiger charge is -2.28. The van der Waals surface area contributed by atoms with E-state index in [-0.39, 0.29) is 37.5 Å². The molecule has 0 aromatic heterocycles. The molecule has 0 unspecified atom stereocenters. The Morgan fingerprint density at radius 3 is 2.59 bits per heavy atom. The van der Waals surface area contributed by atoms with Crippen LogP contribution in [0.1, 0.15) is 32.8 Å². The lowest BCUT2D eigenvalue weighted by molar-refractivity contribution is -0.118. The van der Waals surface area contributed by atoms with Crippen molar-refractivity contribution in [2.75, 3.05) is 24.7 Å². The van der Waals surface area contributed by atoms with Gasteiger partial charge in [-0.3, -0.25) is 20.0 Å². The Kier molecular flexibility index (Phi) is 7.99. The van der Waals surface area contributed by atoms with Gasteiger partial charge in [0.25, 0.3) is 11.8 Å². The Morgan fingerprint density at radius 2 is 1.97 bits per heavy atom. The van der Waals surface area contributed by atoms with Crippen molar-refractivity contribution in [1.82, 2.24) is 16.1 Å². The van der Waals surface area contributed by atoms with E-state index in [4.69, 9.17) is 4.74 Å². The van der Waals surface area contributed by atoms with Gasteiger partial charge in [-0.05, 0) is 38.3 Å². The predicted molar refractivity (Wildman–Crippen MR) is 111 cm³/mol. The van der Waals surface area contributed by atoms with Crippen LogP contribution in [-0.2, 0) is 14.3 Å². The van der Waals surface area contributed by atoms with Crippen LogP contribution >= 0.6 is 0 Å². The van der Waals surface area contributed by atoms with Crippen molar-refractivity contribution in [3.05, 3.63) is 29.8 Å². The number of amides is 3. The topological polar surface area (TPSA) is 112 Å². The molecule has 1 aromatic carbocycles. The van der Waals surface area contributed by atoms with Gasteiger partial charge in [-0.15, -0.1) is 0 Å². The molecule has 1 aliphatic rings. The average Bonchev–Trinajstić information content (AvgIpc) is 2.67. The number of hydrogen-bond donors (Lipinski definition) is 3. The third-order valence-corrected chi connectivity index (χ3v) is 4.21. The molecule has 0 spiro atoms. The fraction of sp³-hybridized carbons (Fsp3) is 0.500. The first-order valence-corrected chi connectivity index (χ1v) is 9.72. The summed E-state index contributed by atoms with van der Waals surface area (Å²) in [5.41, 5.74) is 4.47. The lowest BCUT2D eigenvalue weighted by Crippen LogP contribution is -2.56. The zero-order valence-electron chi connectivity index (χ0n) is 17.3. The van der Waals surface area contributed by atoms with Crippen molar-refractivity contribution in [1.29, 1.82) is 0 Å². The van der Waals surface area contributed by atoms with Gasteiger partial charge < -0.3 is 15.4 Å². The van der Waals surface area contributed by atoms with Gasteiger partial charge in [0.2, 0.25) is 5.84 Å². The molecule has 0 saturated carbocycles. The van der Waals surface area contributed by atoms with Gasteiger partial charge in [-0.25, -0.2) is 9.80 Å². The monoisotopic (exact) mass is 403 g/mol. The number of carbonyl (C=O) groups excluding carboxylic acids is 3. The fourth-order valence-electron chi connectivity index (χ4n) is 2.85. The zero-order valence-corrected chi connectivity index (χ0v) is 17.3. The highest BCUT2D eigenvalue weighted by atomic mass is 16.5. The van der Waals surface area contributed by atoms with E-state index in [2.05, 4.69) is 21.1 Å². The molecule has 1 aromatic rings. The highest BCUT2D eigenvalue weighted by molar-refractivity contribution is 6.39. The Morgan fingerprint density at radius 1 is 1.28 bits per heavy atom. The van der Waals surface area contributed by atoms with E-state index < -0.39 is 12.0 Å². The molecule has 0 fully saturated rings. The molecule has 158 valence electrons. The highest BCUT2D eigenvalue weighted by Crippen LogP contribution is 2.15. The number of anilines is 1. The molecule has 0 bridgehead atoms. The summed E-state index contributed by atoms with van der Waals surface area (Å²) in [6.45, 7) is 8.10. The molecule has 9 nitrogen and oxygen atoms in total. The molecule has 3 amide bonds. The molecule has 0 saturated heterocycles. The molecule has 0 aliphatic carbocycles. The van der Waals surface area contributed by atoms with Crippen LogP contribution in [0.5, 0.6) is 0 Å². The maximum absolute atomic E-state index is 12.6. The number of ether oxygens (including phenoxy) is 1. The third-order valence-electron chi connectivity index (χ3n) is 4.21. The number of hydrogen-bond acceptors (Lipinski definition) is 6. The van der Waals surface area contributed by atoms with Gasteiger partial charge in [0.15, 0.2) is 0 Å². The number of aryl methyl sites for hydroxylation is 1. The summed E-state index contributed by atoms with van der Waals surface area (Å²) in [5, 5.41) is 6.82. The lowest BCUT2D eigenvalue weighted by atomic mass is 10.0. The van der Waals surface area contributed by atoms with Crippen molar-refractivity contribution in [2.24, 2.45) is 10.9 Å². The van der Waals surface area contributed by atoms with Gasteiger partial charge in [0.05, 0.1) is 12.3 Å². The molecule has 1 atom stereocenters. The zero-order chi connectivity index (χ0) is 21.4. The number of rotatable bonds is 8. The molecule has 29 heavy (non-hydrogen) atoms. The molecule has 3 N–H and O–H groups in total. The van der Waals surface area contributed by atoms with Crippen LogP contribution in [-0.4, -0.2) is 49.5 Å². The second-order valence-electron chi connectivity index (χ2n) is 7.24. The van der Waals surface area contributed by atoms with E-state index in [1.54, 1.807) is 19.1 Å². The highest BCUT2D eigenvalue weighted by Gasteiger charge is 2.26. The largest absolute Gasteiger partial charge is 0.450 e. The van der Waals surface area contributed by atoms with E-state index >= 15 is 0 Å². The van der Waals surface area contributed by atoms with Crippen LogP contribution in [0.2, 0.25) is 0 Å². The van der Waals surface area contributed by atoms with Crippen LogP contribution in [0.4, 0.5) is 10.5 Å². The van der Waals surface area contributed by atoms with Crippen LogP contribution < -0.4 is 21.1 Å². The molecule has 2 rings (SSSR count). The molecule has 9 heteroatoms. The summed E-state index contributed by atoms with van der Waals surface area (Å²) in [6.07, 6.45) is 0.157. The number of aliphatic imine (C=N–C) groups is 1. The van der Waals surface area contributed by atoms with Crippen LogP contribution in [0.3, 0.4) is 0 Å². The number of nitrogens with zero attached hydrogens (tertiary/aromatic N) is 2. The van der Waals surface area contributed by atoms with Gasteiger partial charge in [0.1, 0.15) is 6.54 Å². The molecule has 0 radical (unpaired) electrons. The maximum Gasteiger partial charge on any atom is 0.407 e. The first-order chi connectivity index (χ1) is 13.8. The number of carbonyl (C=O) groups is 3. The minimum absolute atomic E-state index is 0.0459. The first kappa shape index (κ1) is 22.2. The molecule has 1 aliphatic heterocycles. The van der Waals surface area contributed by atoms with Crippen LogP contribution in [0.25, 0.3) is 0 Å². The number of amidine groups is 1. The normalized spacial score (nSPS) is 14.7. The summed E-state index contributed by atoms with van der Waals surface area (Å²) in [5.74, 6) is -0.343. The summed E-state index contributed by atoms with van der Waals surface area (Å²) in [4.78, 5) is 40.5. The number of alkyl carbamates (subject to hydrolysis) is 1.